The topological polar surface area (TPSA) is 108 Å². The summed E-state index contributed by atoms with van der Waals surface area (Å²) in [5.41, 5.74) is 3.65. The van der Waals surface area contributed by atoms with Crippen LogP contribution in [-0.2, 0) is 16.0 Å². The molecule has 1 fully saturated rings. The number of amides is 1. The number of hydrogen-bond acceptors (Lipinski definition) is 6. The van der Waals surface area contributed by atoms with E-state index in [-0.39, 0.29) is 30.4 Å². The van der Waals surface area contributed by atoms with Crippen LogP contribution in [0, 0.1) is 5.92 Å². The molecule has 1 aromatic heterocycles. The summed E-state index contributed by atoms with van der Waals surface area (Å²) in [6.07, 6.45) is 6.76. The summed E-state index contributed by atoms with van der Waals surface area (Å²) < 4.78 is 48.7. The predicted molar refractivity (Wildman–Crippen MR) is 200 cm³/mol. The number of phenols is 1. The number of allylic oxidation sites excluding steroid dienone is 5. The summed E-state index contributed by atoms with van der Waals surface area (Å²) in [7, 11) is 1.64. The van der Waals surface area contributed by atoms with E-state index in [9.17, 15) is 28.2 Å². The van der Waals surface area contributed by atoms with Crippen LogP contribution in [0.15, 0.2) is 77.8 Å². The minimum Gasteiger partial charge on any atom is -0.515 e. The van der Waals surface area contributed by atoms with E-state index in [4.69, 9.17) is 14.9 Å². The Hall–Kier alpha value is -4.25. The number of carbonyl (C=O) groups excluding carboxylic acids is 1. The fourth-order valence-electron chi connectivity index (χ4n) is 6.58. The van der Waals surface area contributed by atoms with Crippen LogP contribution >= 0.6 is 0 Å². The molecule has 52 heavy (non-hydrogen) atoms. The Bertz CT molecular complexity index is 1670. The van der Waals surface area contributed by atoms with Crippen LogP contribution in [-0.4, -0.2) is 55.7 Å². The van der Waals surface area contributed by atoms with Gasteiger partial charge in [-0.05, 0) is 87.1 Å². The fraction of sp³-hybridized carbons (Fsp3) is 0.512. The Kier molecular flexibility index (Phi) is 15.4. The maximum Gasteiger partial charge on any atom is 0.419 e. The second-order valence-corrected chi connectivity index (χ2v) is 13.6. The van der Waals surface area contributed by atoms with E-state index in [0.717, 1.165) is 60.1 Å². The molecular weight excluding hydrogens is 671 g/mol. The average molecular weight is 728 g/mol. The third kappa shape index (κ3) is 9.79. The first-order chi connectivity index (χ1) is 24.7. The van der Waals surface area contributed by atoms with Gasteiger partial charge in [0.05, 0.1) is 29.3 Å². The van der Waals surface area contributed by atoms with Gasteiger partial charge in [0.2, 0.25) is 0 Å². The highest BCUT2D eigenvalue weighted by Gasteiger charge is 2.40. The van der Waals surface area contributed by atoms with Gasteiger partial charge < -0.3 is 25.0 Å². The highest BCUT2D eigenvalue weighted by Crippen LogP contribution is 2.43. The summed E-state index contributed by atoms with van der Waals surface area (Å²) >= 11 is 0. The normalized spacial score (nSPS) is 18.6. The van der Waals surface area contributed by atoms with E-state index in [1.165, 1.54) is 12.5 Å². The number of methoxy groups -OCH3 is 1. The zero-order valence-electron chi connectivity index (χ0n) is 31.6. The number of nitrogens with zero attached hydrogens (tertiary/aromatic N) is 3. The Labute approximate surface area is 306 Å². The quantitative estimate of drug-likeness (QED) is 0.108. The molecule has 2 heterocycles. The number of alkyl halides is 3. The largest absolute Gasteiger partial charge is 0.515 e. The van der Waals surface area contributed by atoms with Crippen LogP contribution in [0.25, 0.3) is 5.69 Å². The van der Waals surface area contributed by atoms with Crippen LogP contribution < -0.4 is 0 Å². The molecule has 1 aliphatic carbocycles. The smallest absolute Gasteiger partial charge is 0.419 e. The number of fused-ring (bicyclic) bond motifs is 1. The third-order valence-corrected chi connectivity index (χ3v) is 10.1. The monoisotopic (exact) mass is 727 g/mol. The first-order valence-corrected chi connectivity index (χ1v) is 18.3. The molecule has 11 heteroatoms. The Morgan fingerprint density at radius 2 is 1.90 bits per heavy atom. The molecule has 1 aromatic carbocycles. The lowest BCUT2D eigenvalue weighted by atomic mass is 9.80. The van der Waals surface area contributed by atoms with Gasteiger partial charge >= 0.3 is 6.18 Å². The molecule has 3 atom stereocenters. The summed E-state index contributed by atoms with van der Waals surface area (Å²) in [6.45, 7) is 14.8. The van der Waals surface area contributed by atoms with Crippen LogP contribution in [0.2, 0.25) is 0 Å². The summed E-state index contributed by atoms with van der Waals surface area (Å²) in [6, 6.07) is 5.33. The minimum absolute atomic E-state index is 0.0354. The molecule has 0 bridgehead atoms. The number of aromatic nitrogens is 2. The van der Waals surface area contributed by atoms with Crippen molar-refractivity contribution in [1.82, 2.24) is 14.7 Å². The minimum atomic E-state index is -4.76. The predicted octanol–water partition coefficient (Wildman–Crippen LogP) is 10.7. The van der Waals surface area contributed by atoms with Crippen molar-refractivity contribution in [2.45, 2.75) is 117 Å². The van der Waals surface area contributed by atoms with Gasteiger partial charge in [0.15, 0.2) is 0 Å². The molecule has 1 aliphatic heterocycles. The number of ether oxygens (including phenoxy) is 1. The molecule has 2 aliphatic rings. The molecule has 0 saturated heterocycles. The maximum absolute atomic E-state index is 14.0. The highest BCUT2D eigenvalue weighted by atomic mass is 19.4. The highest BCUT2D eigenvalue weighted by molar-refractivity contribution is 5.96. The molecule has 0 spiro atoms. The number of hydrogen-bond donors (Lipinski definition) is 3. The molecule has 8 nitrogen and oxygen atoms in total. The number of carbonyl (C=O) groups is 1. The Balaban J connectivity index is 0.00000112. The number of phenolic OH excluding ortho intramolecular Hbond substituents is 1. The van der Waals surface area contributed by atoms with Crippen LogP contribution in [0.3, 0.4) is 0 Å². The van der Waals surface area contributed by atoms with E-state index in [0.29, 0.717) is 42.5 Å². The summed E-state index contributed by atoms with van der Waals surface area (Å²) in [5, 5.41) is 34.9. The number of aromatic hydroxyl groups is 1. The molecule has 2 aromatic rings. The first-order valence-electron chi connectivity index (χ1n) is 18.3. The summed E-state index contributed by atoms with van der Waals surface area (Å²) in [5.74, 6) is -0.542. The van der Waals surface area contributed by atoms with Crippen LogP contribution in [0.5, 0.6) is 5.75 Å². The maximum atomic E-state index is 14.0. The van der Waals surface area contributed by atoms with E-state index in [2.05, 4.69) is 26.5 Å². The number of rotatable bonds is 13. The average Bonchev–Trinajstić information content (AvgIpc) is 3.48. The lowest BCUT2D eigenvalue weighted by molar-refractivity contribution is -0.129. The van der Waals surface area contributed by atoms with E-state index >= 15 is 0 Å². The van der Waals surface area contributed by atoms with Crippen LogP contribution in [0.1, 0.15) is 127 Å². The molecular formula is C41H56F3N3O5. The van der Waals surface area contributed by atoms with Gasteiger partial charge in [0.1, 0.15) is 23.3 Å². The second-order valence-electron chi connectivity index (χ2n) is 13.6. The van der Waals surface area contributed by atoms with Gasteiger partial charge in [-0.3, -0.25) is 4.79 Å². The molecule has 0 radical (unpaired) electrons. The van der Waals surface area contributed by atoms with Crippen molar-refractivity contribution in [3.63, 3.8) is 0 Å². The van der Waals surface area contributed by atoms with Crippen molar-refractivity contribution in [2.75, 3.05) is 13.7 Å². The SMILES string of the molecule is C=C/C(C)=C/O.C\C=C(/C=C(O)\C(=C\CC)C(F)(F)F)C(=O)N1CCc2c(c(C(CC(C)CC)OC)nn2-c2ccc(C3CCC3)cc2O)C1CC. The van der Waals surface area contributed by atoms with Gasteiger partial charge in [-0.25, -0.2) is 4.68 Å². The van der Waals surface area contributed by atoms with E-state index in [1.807, 2.05) is 19.1 Å². The molecule has 3 unspecified atom stereocenters. The molecule has 4 rings (SSSR count). The van der Waals surface area contributed by atoms with Crippen molar-refractivity contribution >= 4 is 5.91 Å². The van der Waals surface area contributed by atoms with Gasteiger partial charge in [0.25, 0.3) is 5.91 Å². The first kappa shape index (κ1) is 42.2. The van der Waals surface area contributed by atoms with Gasteiger partial charge in [-0.2, -0.15) is 18.3 Å². The standard InChI is InChI=1S/C36H48F3N3O4.C5H8O/c1-7-12-26(36(37,38)39)30(43)20-23(9-3)35(45)41-18-17-29-33(27(41)10-4)34(32(46-6)19-22(5)8-2)40-42(29)28-16-15-25(21-31(28)44)24-13-11-14-24;1-3-5(2)4-6/h9,12,15-16,20-22,24,27,32,43-44H,7-8,10-11,13-14,17-19H2,1-6H3;3-4,6H,1H2,2H3/b23-9+,26-12-,30-20+;5-4+. The number of aliphatic hydroxyl groups excluding tert-OH is 2. The molecule has 286 valence electrons. The molecule has 3 N–H and O–H groups in total. The molecule has 1 amide bonds. The van der Waals surface area contributed by atoms with Crippen molar-refractivity contribution in [2.24, 2.45) is 5.92 Å². The lowest BCUT2D eigenvalue weighted by Crippen LogP contribution is -2.41. The second kappa shape index (κ2) is 19.0. The van der Waals surface area contributed by atoms with Crippen molar-refractivity contribution in [3.05, 3.63) is 100 Å². The van der Waals surface area contributed by atoms with Crippen molar-refractivity contribution < 1.29 is 38.0 Å². The Morgan fingerprint density at radius 3 is 2.37 bits per heavy atom. The third-order valence-electron chi connectivity index (χ3n) is 10.1. The zero-order valence-corrected chi connectivity index (χ0v) is 31.6. The van der Waals surface area contributed by atoms with Gasteiger partial charge in [-0.15, -0.1) is 0 Å². The van der Waals surface area contributed by atoms with Gasteiger partial charge in [-0.1, -0.05) is 71.4 Å². The Morgan fingerprint density at radius 1 is 1.21 bits per heavy atom. The van der Waals surface area contributed by atoms with Crippen LogP contribution in [0.4, 0.5) is 13.2 Å². The number of halogens is 3. The van der Waals surface area contributed by atoms with E-state index < -0.39 is 29.5 Å². The number of aliphatic hydroxyl groups is 2. The van der Waals surface area contributed by atoms with Gasteiger partial charge in [0, 0.05) is 31.2 Å². The number of benzene rings is 1. The zero-order chi connectivity index (χ0) is 38.7. The van der Waals surface area contributed by atoms with Crippen molar-refractivity contribution in [1.29, 1.82) is 0 Å². The van der Waals surface area contributed by atoms with E-state index in [1.54, 1.807) is 43.5 Å². The fourth-order valence-corrected chi connectivity index (χ4v) is 6.58. The lowest BCUT2D eigenvalue weighted by Gasteiger charge is -2.37. The van der Waals surface area contributed by atoms with Crippen molar-refractivity contribution in [3.8, 4) is 11.4 Å². The summed E-state index contributed by atoms with van der Waals surface area (Å²) in [4.78, 5) is 15.7. The molecule has 1 saturated carbocycles.